The molecule has 1 saturated heterocycles. The summed E-state index contributed by atoms with van der Waals surface area (Å²) in [5.41, 5.74) is 0.916. The van der Waals surface area contributed by atoms with Crippen molar-refractivity contribution in [2.75, 3.05) is 32.8 Å². The van der Waals surface area contributed by atoms with E-state index in [1.54, 1.807) is 17.0 Å². The van der Waals surface area contributed by atoms with Gasteiger partial charge in [0.2, 0.25) is 5.91 Å². The first-order valence-corrected chi connectivity index (χ1v) is 7.05. The first-order valence-electron chi connectivity index (χ1n) is 7.05. The molecular formula is C15H16FN3O3. The molecule has 2 heterocycles. The number of carbonyl (C=O) groups is 2. The molecule has 0 radical (unpaired) electrons. The van der Waals surface area contributed by atoms with E-state index in [-0.39, 0.29) is 17.6 Å². The van der Waals surface area contributed by atoms with Gasteiger partial charge in [-0.3, -0.25) is 9.59 Å². The van der Waals surface area contributed by atoms with E-state index in [1.807, 2.05) is 0 Å². The molecule has 22 heavy (non-hydrogen) atoms. The lowest BCUT2D eigenvalue weighted by Crippen LogP contribution is -2.51. The van der Waals surface area contributed by atoms with Crippen LogP contribution in [0.25, 0.3) is 10.9 Å². The van der Waals surface area contributed by atoms with Gasteiger partial charge in [0.1, 0.15) is 18.1 Å². The van der Waals surface area contributed by atoms with Gasteiger partial charge in [-0.2, -0.15) is 0 Å². The van der Waals surface area contributed by atoms with E-state index in [4.69, 9.17) is 5.11 Å². The fourth-order valence-electron chi connectivity index (χ4n) is 2.66. The number of aromatic nitrogens is 1. The number of nitrogens with one attached hydrogen (secondary N) is 1. The van der Waals surface area contributed by atoms with Crippen molar-refractivity contribution in [2.45, 2.75) is 0 Å². The third-order valence-corrected chi connectivity index (χ3v) is 3.90. The lowest BCUT2D eigenvalue weighted by atomic mass is 10.2. The number of halogens is 1. The Hall–Kier alpha value is -2.41. The van der Waals surface area contributed by atoms with Gasteiger partial charge in [-0.1, -0.05) is 6.07 Å². The van der Waals surface area contributed by atoms with Gasteiger partial charge < -0.3 is 19.9 Å². The highest BCUT2D eigenvalue weighted by Gasteiger charge is 2.25. The maximum atomic E-state index is 13.7. The molecule has 7 heteroatoms. The van der Waals surface area contributed by atoms with Crippen LogP contribution in [-0.2, 0) is 4.79 Å². The molecular weight excluding hydrogens is 289 g/mol. The first-order chi connectivity index (χ1) is 10.6. The van der Waals surface area contributed by atoms with Crippen LogP contribution in [0.1, 0.15) is 10.5 Å². The number of hydrogen-bond donors (Lipinski definition) is 2. The zero-order valence-corrected chi connectivity index (χ0v) is 11.9. The summed E-state index contributed by atoms with van der Waals surface area (Å²) in [7, 11) is 0. The van der Waals surface area contributed by atoms with E-state index in [2.05, 4.69) is 4.98 Å². The predicted octanol–water partition coefficient (Wildman–Crippen LogP) is 0.584. The summed E-state index contributed by atoms with van der Waals surface area (Å²) in [5, 5.41) is 9.22. The summed E-state index contributed by atoms with van der Waals surface area (Å²) in [6.07, 6.45) is 0. The first kappa shape index (κ1) is 14.5. The summed E-state index contributed by atoms with van der Waals surface area (Å²) in [5.74, 6) is -0.919. The number of amides is 2. The number of hydrogen-bond acceptors (Lipinski definition) is 3. The third kappa shape index (κ3) is 2.55. The number of aliphatic hydroxyl groups excluding tert-OH is 1. The van der Waals surface area contributed by atoms with Crippen molar-refractivity contribution in [3.63, 3.8) is 0 Å². The van der Waals surface area contributed by atoms with Crippen molar-refractivity contribution >= 4 is 22.7 Å². The van der Waals surface area contributed by atoms with E-state index in [0.29, 0.717) is 42.8 Å². The van der Waals surface area contributed by atoms with Gasteiger partial charge in [0.15, 0.2) is 0 Å². The number of rotatable bonds is 2. The minimum absolute atomic E-state index is 0.216. The van der Waals surface area contributed by atoms with Gasteiger partial charge >= 0.3 is 0 Å². The second kappa shape index (κ2) is 5.76. The highest BCUT2D eigenvalue weighted by Crippen LogP contribution is 2.20. The number of carbonyl (C=O) groups excluding carboxylic acids is 2. The zero-order chi connectivity index (χ0) is 15.7. The molecule has 3 rings (SSSR count). The van der Waals surface area contributed by atoms with Crippen LogP contribution >= 0.6 is 0 Å². The molecule has 1 aromatic carbocycles. The maximum absolute atomic E-state index is 13.7. The van der Waals surface area contributed by atoms with Crippen LogP contribution in [0.4, 0.5) is 4.39 Å². The van der Waals surface area contributed by atoms with Gasteiger partial charge in [0.25, 0.3) is 5.91 Å². The molecule has 0 unspecified atom stereocenters. The van der Waals surface area contributed by atoms with Gasteiger partial charge in [0, 0.05) is 37.1 Å². The monoisotopic (exact) mass is 305 g/mol. The molecule has 0 saturated carbocycles. The van der Waals surface area contributed by atoms with Gasteiger partial charge in [0.05, 0.1) is 0 Å². The molecule has 2 aromatic rings. The Morgan fingerprint density at radius 2 is 1.86 bits per heavy atom. The molecule has 1 fully saturated rings. The molecule has 6 nitrogen and oxygen atoms in total. The molecule has 1 aliphatic heterocycles. The summed E-state index contributed by atoms with van der Waals surface area (Å²) >= 11 is 0. The average Bonchev–Trinajstić information content (AvgIpc) is 2.99. The lowest BCUT2D eigenvalue weighted by molar-refractivity contribution is -0.135. The number of piperazine rings is 1. The fourth-order valence-corrected chi connectivity index (χ4v) is 2.66. The second-order valence-electron chi connectivity index (χ2n) is 5.22. The predicted molar refractivity (Wildman–Crippen MR) is 77.8 cm³/mol. The minimum atomic E-state index is -0.519. The van der Waals surface area contributed by atoms with Crippen molar-refractivity contribution in [2.24, 2.45) is 0 Å². The van der Waals surface area contributed by atoms with Crippen LogP contribution in [0, 0.1) is 5.82 Å². The van der Waals surface area contributed by atoms with Gasteiger partial charge in [-0.05, 0) is 18.2 Å². The Bertz CT molecular complexity index is 720. The Kier molecular flexibility index (Phi) is 3.81. The standard InChI is InChI=1S/C15H16FN3O3/c16-11-2-1-3-12-10(11)8-13(17-12)15(22)19-6-4-18(5-7-19)14(21)9-20/h1-3,8,17,20H,4-7,9H2. The van der Waals surface area contributed by atoms with Crippen molar-refractivity contribution in [3.05, 3.63) is 35.8 Å². The zero-order valence-electron chi connectivity index (χ0n) is 11.9. The van der Waals surface area contributed by atoms with E-state index in [0.717, 1.165) is 0 Å². The van der Waals surface area contributed by atoms with E-state index >= 15 is 0 Å². The molecule has 2 amide bonds. The number of benzene rings is 1. The van der Waals surface area contributed by atoms with Gasteiger partial charge in [-0.25, -0.2) is 4.39 Å². The molecule has 116 valence electrons. The number of aromatic amines is 1. The van der Waals surface area contributed by atoms with Gasteiger partial charge in [-0.15, -0.1) is 0 Å². The molecule has 0 atom stereocenters. The van der Waals surface area contributed by atoms with Crippen LogP contribution < -0.4 is 0 Å². The van der Waals surface area contributed by atoms with Crippen molar-refractivity contribution in [3.8, 4) is 0 Å². The lowest BCUT2D eigenvalue weighted by Gasteiger charge is -2.34. The summed E-state index contributed by atoms with van der Waals surface area (Å²) < 4.78 is 13.7. The van der Waals surface area contributed by atoms with Crippen LogP contribution in [0.2, 0.25) is 0 Å². The van der Waals surface area contributed by atoms with Crippen molar-refractivity contribution < 1.29 is 19.1 Å². The van der Waals surface area contributed by atoms with Crippen LogP contribution in [0.3, 0.4) is 0 Å². The number of H-pyrrole nitrogens is 1. The number of aliphatic hydroxyl groups is 1. The second-order valence-corrected chi connectivity index (χ2v) is 5.22. The summed E-state index contributed by atoms with van der Waals surface area (Å²) in [6.45, 7) is 1.04. The van der Waals surface area contributed by atoms with Crippen LogP contribution in [0.5, 0.6) is 0 Å². The molecule has 2 N–H and O–H groups in total. The molecule has 0 spiro atoms. The molecule has 0 aliphatic carbocycles. The SMILES string of the molecule is O=C(CO)N1CCN(C(=O)c2cc3c(F)cccc3[nH]2)CC1. The molecule has 1 aliphatic rings. The van der Waals surface area contributed by atoms with Crippen molar-refractivity contribution in [1.82, 2.24) is 14.8 Å². The Morgan fingerprint density at radius 1 is 1.18 bits per heavy atom. The average molecular weight is 305 g/mol. The highest BCUT2D eigenvalue weighted by atomic mass is 19.1. The fraction of sp³-hybridized carbons (Fsp3) is 0.333. The third-order valence-electron chi connectivity index (χ3n) is 3.90. The van der Waals surface area contributed by atoms with E-state index < -0.39 is 6.61 Å². The van der Waals surface area contributed by atoms with Crippen LogP contribution in [0.15, 0.2) is 24.3 Å². The summed E-state index contributed by atoms with van der Waals surface area (Å²) in [4.78, 5) is 29.9. The highest BCUT2D eigenvalue weighted by molar-refractivity contribution is 5.98. The number of nitrogens with zero attached hydrogens (tertiary/aromatic N) is 2. The van der Waals surface area contributed by atoms with Crippen LogP contribution in [-0.4, -0.2) is 64.5 Å². The Balaban J connectivity index is 1.74. The smallest absolute Gasteiger partial charge is 0.270 e. The molecule has 1 aromatic heterocycles. The topological polar surface area (TPSA) is 76.6 Å². The Labute approximate surface area is 126 Å². The Morgan fingerprint density at radius 3 is 2.50 bits per heavy atom. The summed E-state index contributed by atoms with van der Waals surface area (Å²) in [6, 6.07) is 6.16. The van der Waals surface area contributed by atoms with E-state index in [1.165, 1.54) is 17.0 Å². The minimum Gasteiger partial charge on any atom is -0.387 e. The van der Waals surface area contributed by atoms with Crippen molar-refractivity contribution in [1.29, 1.82) is 0 Å². The quantitative estimate of drug-likeness (QED) is 0.852. The maximum Gasteiger partial charge on any atom is 0.270 e. The largest absolute Gasteiger partial charge is 0.387 e. The van der Waals surface area contributed by atoms with E-state index in [9.17, 15) is 14.0 Å². The number of fused-ring (bicyclic) bond motifs is 1. The molecule has 0 bridgehead atoms. The normalized spacial score (nSPS) is 15.4.